The fourth-order valence-corrected chi connectivity index (χ4v) is 4.09. The number of fused-ring (bicyclic) bond motifs is 1. The third kappa shape index (κ3) is 4.95. The highest BCUT2D eigenvalue weighted by Gasteiger charge is 2.16. The zero-order chi connectivity index (χ0) is 22.5. The lowest BCUT2D eigenvalue weighted by atomic mass is 10.1. The van der Waals surface area contributed by atoms with E-state index < -0.39 is 0 Å². The first-order chi connectivity index (χ1) is 15.5. The number of benzene rings is 3. The fraction of sp³-hybridized carbons (Fsp3) is 0.200. The molecule has 1 aromatic heterocycles. The van der Waals surface area contributed by atoms with Gasteiger partial charge in [-0.2, -0.15) is 5.10 Å². The standard InChI is InChI=1S/C25H26N4O2S/c1-28(2)23(17-26-24-21-11-7-8-12-22(21)25(30)29(3)27-24)18-13-15-20(16-14-18)32-31-19-9-5-4-6-10-19/h4-16,23H,17H2,1-3H3,(H,26,27). The number of rotatable bonds is 8. The lowest BCUT2D eigenvalue weighted by Crippen LogP contribution is -2.28. The zero-order valence-electron chi connectivity index (χ0n) is 18.4. The van der Waals surface area contributed by atoms with Crippen molar-refractivity contribution in [2.45, 2.75) is 10.9 Å². The Hall–Kier alpha value is -3.29. The van der Waals surface area contributed by atoms with E-state index in [0.717, 1.165) is 16.0 Å². The number of hydrogen-bond acceptors (Lipinski definition) is 6. The minimum absolute atomic E-state index is 0.0962. The van der Waals surface area contributed by atoms with Gasteiger partial charge in [-0.25, -0.2) is 4.68 Å². The molecule has 0 radical (unpaired) electrons. The SMILES string of the molecule is CN(C)C(CNc1nn(C)c(=O)c2ccccc12)c1ccc(SOc2ccccc2)cc1. The Bertz CT molecular complexity index is 1240. The maximum atomic E-state index is 12.4. The molecule has 1 heterocycles. The third-order valence-corrected chi connectivity index (χ3v) is 6.03. The van der Waals surface area contributed by atoms with Crippen LogP contribution in [-0.2, 0) is 7.05 Å². The monoisotopic (exact) mass is 446 g/mol. The molecule has 1 N–H and O–H groups in total. The van der Waals surface area contributed by atoms with E-state index >= 15 is 0 Å². The lowest BCUT2D eigenvalue weighted by Gasteiger charge is -2.26. The van der Waals surface area contributed by atoms with E-state index in [4.69, 9.17) is 4.18 Å². The molecular weight excluding hydrogens is 420 g/mol. The van der Waals surface area contributed by atoms with Crippen molar-refractivity contribution in [2.24, 2.45) is 7.05 Å². The number of nitrogens with zero attached hydrogens (tertiary/aromatic N) is 3. The summed E-state index contributed by atoms with van der Waals surface area (Å²) in [6, 6.07) is 25.8. The Morgan fingerprint density at radius 1 is 0.969 bits per heavy atom. The van der Waals surface area contributed by atoms with Gasteiger partial charge < -0.3 is 14.4 Å². The fourth-order valence-electron chi connectivity index (χ4n) is 3.54. The van der Waals surface area contributed by atoms with Gasteiger partial charge in [0.15, 0.2) is 5.82 Å². The van der Waals surface area contributed by atoms with E-state index in [1.807, 2.05) is 54.6 Å². The molecule has 4 rings (SSSR count). The van der Waals surface area contributed by atoms with Gasteiger partial charge in [-0.1, -0.05) is 48.5 Å². The Balaban J connectivity index is 1.48. The van der Waals surface area contributed by atoms with E-state index in [1.54, 1.807) is 7.05 Å². The molecule has 0 aliphatic heterocycles. The average molecular weight is 447 g/mol. The zero-order valence-corrected chi connectivity index (χ0v) is 19.2. The molecule has 164 valence electrons. The van der Waals surface area contributed by atoms with E-state index in [1.165, 1.54) is 22.3 Å². The van der Waals surface area contributed by atoms with Crippen molar-refractivity contribution in [3.05, 3.63) is 94.8 Å². The van der Waals surface area contributed by atoms with Gasteiger partial charge in [0, 0.05) is 23.9 Å². The predicted octanol–water partition coefficient (Wildman–Crippen LogP) is 4.73. The molecule has 0 bridgehead atoms. The van der Waals surface area contributed by atoms with Crippen molar-refractivity contribution in [3.8, 4) is 5.75 Å². The van der Waals surface area contributed by atoms with Gasteiger partial charge in [0.1, 0.15) is 5.75 Å². The number of aryl methyl sites for hydroxylation is 1. The van der Waals surface area contributed by atoms with Crippen molar-refractivity contribution in [1.82, 2.24) is 14.7 Å². The molecule has 6 nitrogen and oxygen atoms in total. The highest BCUT2D eigenvalue weighted by atomic mass is 32.2. The van der Waals surface area contributed by atoms with Crippen LogP contribution >= 0.6 is 12.0 Å². The largest absolute Gasteiger partial charge is 0.421 e. The second kappa shape index (κ2) is 9.89. The summed E-state index contributed by atoms with van der Waals surface area (Å²) in [7, 11) is 5.79. The summed E-state index contributed by atoms with van der Waals surface area (Å²) in [5.41, 5.74) is 1.09. The van der Waals surface area contributed by atoms with Crippen LogP contribution in [0.3, 0.4) is 0 Å². The second-order valence-corrected chi connectivity index (χ2v) is 8.54. The van der Waals surface area contributed by atoms with Gasteiger partial charge >= 0.3 is 0 Å². The number of nitrogens with one attached hydrogen (secondary N) is 1. The smallest absolute Gasteiger partial charge is 0.274 e. The topological polar surface area (TPSA) is 59.4 Å². The molecule has 0 fully saturated rings. The molecule has 0 spiro atoms. The number of para-hydroxylation sites is 1. The molecule has 32 heavy (non-hydrogen) atoms. The summed E-state index contributed by atoms with van der Waals surface area (Å²) in [6.07, 6.45) is 0. The normalized spacial score (nSPS) is 12.1. The highest BCUT2D eigenvalue weighted by Crippen LogP contribution is 2.27. The quantitative estimate of drug-likeness (QED) is 0.395. The Kier molecular flexibility index (Phi) is 6.78. The van der Waals surface area contributed by atoms with Crippen molar-refractivity contribution in [1.29, 1.82) is 0 Å². The maximum absolute atomic E-state index is 12.4. The van der Waals surface area contributed by atoms with Gasteiger partial charge in [0.05, 0.1) is 23.5 Å². The van der Waals surface area contributed by atoms with Gasteiger partial charge in [-0.15, -0.1) is 0 Å². The first kappa shape index (κ1) is 21.9. The van der Waals surface area contributed by atoms with Crippen LogP contribution in [0.1, 0.15) is 11.6 Å². The average Bonchev–Trinajstić information content (AvgIpc) is 2.82. The van der Waals surface area contributed by atoms with Crippen LogP contribution in [0.15, 0.2) is 88.6 Å². The second-order valence-electron chi connectivity index (χ2n) is 7.73. The molecule has 1 atom stereocenters. The minimum atomic E-state index is -0.0962. The van der Waals surface area contributed by atoms with Crippen LogP contribution in [0.25, 0.3) is 10.8 Å². The van der Waals surface area contributed by atoms with E-state index in [2.05, 4.69) is 53.7 Å². The number of likely N-dealkylation sites (N-methyl/N-ethyl adjacent to an activating group) is 1. The molecule has 3 aromatic carbocycles. The number of anilines is 1. The Labute approximate surface area is 192 Å². The number of hydrogen-bond donors (Lipinski definition) is 1. The molecular formula is C25H26N4O2S. The highest BCUT2D eigenvalue weighted by molar-refractivity contribution is 7.95. The molecule has 4 aromatic rings. The van der Waals surface area contributed by atoms with E-state index in [9.17, 15) is 4.79 Å². The molecule has 1 unspecified atom stereocenters. The van der Waals surface area contributed by atoms with Gasteiger partial charge in [-0.05, 0) is 50.0 Å². The summed E-state index contributed by atoms with van der Waals surface area (Å²) < 4.78 is 7.15. The summed E-state index contributed by atoms with van der Waals surface area (Å²) in [6.45, 7) is 0.648. The Morgan fingerprint density at radius 3 is 2.31 bits per heavy atom. The van der Waals surface area contributed by atoms with Crippen molar-refractivity contribution < 1.29 is 4.18 Å². The first-order valence-electron chi connectivity index (χ1n) is 10.4. The Morgan fingerprint density at radius 2 is 1.62 bits per heavy atom. The van der Waals surface area contributed by atoms with Crippen molar-refractivity contribution in [3.63, 3.8) is 0 Å². The molecule has 0 amide bonds. The van der Waals surface area contributed by atoms with Gasteiger partial charge in [0.2, 0.25) is 0 Å². The summed E-state index contributed by atoms with van der Waals surface area (Å²) >= 11 is 1.35. The molecule has 7 heteroatoms. The molecule has 0 saturated carbocycles. The predicted molar refractivity (Wildman–Crippen MR) is 131 cm³/mol. The van der Waals surface area contributed by atoms with Crippen LogP contribution < -0.4 is 15.1 Å². The van der Waals surface area contributed by atoms with Crippen molar-refractivity contribution >= 4 is 28.6 Å². The van der Waals surface area contributed by atoms with Crippen LogP contribution in [0.2, 0.25) is 0 Å². The third-order valence-electron chi connectivity index (χ3n) is 5.28. The van der Waals surface area contributed by atoms with Crippen LogP contribution in [-0.4, -0.2) is 35.3 Å². The van der Waals surface area contributed by atoms with Crippen LogP contribution in [0.5, 0.6) is 5.75 Å². The minimum Gasteiger partial charge on any atom is -0.421 e. The lowest BCUT2D eigenvalue weighted by molar-refractivity contribution is 0.311. The van der Waals surface area contributed by atoms with Gasteiger partial charge in [0.25, 0.3) is 5.56 Å². The summed E-state index contributed by atoms with van der Waals surface area (Å²) in [5, 5.41) is 9.39. The van der Waals surface area contributed by atoms with Gasteiger partial charge in [-0.3, -0.25) is 4.79 Å². The van der Waals surface area contributed by atoms with Crippen LogP contribution in [0, 0.1) is 0 Å². The molecule has 0 aliphatic rings. The number of aromatic nitrogens is 2. The van der Waals surface area contributed by atoms with E-state index in [-0.39, 0.29) is 11.6 Å². The molecule has 0 aliphatic carbocycles. The van der Waals surface area contributed by atoms with Crippen molar-refractivity contribution in [2.75, 3.05) is 26.0 Å². The van der Waals surface area contributed by atoms with Crippen LogP contribution in [0.4, 0.5) is 5.82 Å². The molecule has 0 saturated heterocycles. The summed E-state index contributed by atoms with van der Waals surface area (Å²) in [5.74, 6) is 1.53. The summed E-state index contributed by atoms with van der Waals surface area (Å²) in [4.78, 5) is 15.6. The maximum Gasteiger partial charge on any atom is 0.274 e. The first-order valence-corrected chi connectivity index (χ1v) is 11.1. The van der Waals surface area contributed by atoms with E-state index in [0.29, 0.717) is 17.7 Å².